The van der Waals surface area contributed by atoms with Gasteiger partial charge in [0.2, 0.25) is 0 Å². The van der Waals surface area contributed by atoms with Gasteiger partial charge in [0.25, 0.3) is 0 Å². The van der Waals surface area contributed by atoms with Gasteiger partial charge >= 0.3 is 0 Å². The fraction of sp³-hybridized carbons (Fsp3) is 0.462. The zero-order valence-corrected chi connectivity index (χ0v) is 11.3. The van der Waals surface area contributed by atoms with Crippen LogP contribution < -0.4 is 0 Å². The van der Waals surface area contributed by atoms with Gasteiger partial charge in [-0.25, -0.2) is 4.98 Å². The summed E-state index contributed by atoms with van der Waals surface area (Å²) in [5.41, 5.74) is 3.53. The van der Waals surface area contributed by atoms with Gasteiger partial charge in [0.05, 0.1) is 23.0 Å². The van der Waals surface area contributed by atoms with Crippen molar-refractivity contribution in [1.82, 2.24) is 9.38 Å². The van der Waals surface area contributed by atoms with E-state index in [1.807, 2.05) is 17.4 Å². The van der Waals surface area contributed by atoms with Crippen LogP contribution in [0.15, 0.2) is 12.3 Å². The third-order valence-electron chi connectivity index (χ3n) is 2.83. The van der Waals surface area contributed by atoms with Crippen LogP contribution >= 0.6 is 11.6 Å². The van der Waals surface area contributed by atoms with Crippen LogP contribution in [0.1, 0.15) is 37.7 Å². The summed E-state index contributed by atoms with van der Waals surface area (Å²) in [6.07, 6.45) is 1.80. The lowest BCUT2D eigenvalue weighted by Gasteiger charge is -2.16. The number of aromatic nitrogens is 2. The fourth-order valence-corrected chi connectivity index (χ4v) is 2.33. The van der Waals surface area contributed by atoms with E-state index < -0.39 is 0 Å². The van der Waals surface area contributed by atoms with Crippen molar-refractivity contribution in [3.05, 3.63) is 34.2 Å². The highest BCUT2D eigenvalue weighted by Gasteiger charge is 2.24. The fourth-order valence-electron chi connectivity index (χ4n) is 2.07. The SMILES string of the molecule is Cc1cc(Cl)cn2c(CO)c(C(C)(C)C)nc12. The molecule has 2 rings (SSSR count). The summed E-state index contributed by atoms with van der Waals surface area (Å²) in [5, 5.41) is 10.2. The molecule has 92 valence electrons. The molecule has 3 nitrogen and oxygen atoms in total. The van der Waals surface area contributed by atoms with Crippen LogP contribution in [0.4, 0.5) is 0 Å². The Morgan fingerprint density at radius 1 is 1.41 bits per heavy atom. The highest BCUT2D eigenvalue weighted by molar-refractivity contribution is 6.30. The normalized spacial score (nSPS) is 12.4. The first-order valence-electron chi connectivity index (χ1n) is 5.63. The molecule has 0 aromatic carbocycles. The molecule has 2 aromatic heterocycles. The maximum atomic E-state index is 9.55. The Morgan fingerprint density at radius 2 is 2.06 bits per heavy atom. The molecule has 2 aromatic rings. The molecule has 0 atom stereocenters. The number of halogens is 1. The first-order chi connectivity index (χ1) is 7.84. The molecule has 0 aliphatic rings. The van der Waals surface area contributed by atoms with Crippen molar-refractivity contribution < 1.29 is 5.11 Å². The maximum absolute atomic E-state index is 9.55. The van der Waals surface area contributed by atoms with Gasteiger partial charge in [0, 0.05) is 11.6 Å². The first-order valence-corrected chi connectivity index (χ1v) is 6.01. The number of rotatable bonds is 1. The highest BCUT2D eigenvalue weighted by Crippen LogP contribution is 2.28. The Morgan fingerprint density at radius 3 is 2.59 bits per heavy atom. The molecule has 17 heavy (non-hydrogen) atoms. The molecule has 0 aliphatic carbocycles. The summed E-state index contributed by atoms with van der Waals surface area (Å²) < 4.78 is 1.89. The quantitative estimate of drug-likeness (QED) is 0.847. The molecule has 0 saturated heterocycles. The van der Waals surface area contributed by atoms with Crippen LogP contribution in [0.3, 0.4) is 0 Å². The van der Waals surface area contributed by atoms with Gasteiger partial charge in [0.1, 0.15) is 5.65 Å². The molecule has 1 N–H and O–H groups in total. The Hall–Kier alpha value is -1.06. The van der Waals surface area contributed by atoms with Gasteiger partial charge in [-0.15, -0.1) is 0 Å². The van der Waals surface area contributed by atoms with E-state index in [9.17, 15) is 5.11 Å². The summed E-state index contributed by atoms with van der Waals surface area (Å²) in [4.78, 5) is 4.64. The number of aliphatic hydroxyl groups excluding tert-OH is 1. The van der Waals surface area contributed by atoms with E-state index in [2.05, 4.69) is 25.8 Å². The molecule has 0 spiro atoms. The van der Waals surface area contributed by atoms with Gasteiger partial charge in [-0.05, 0) is 18.6 Å². The Balaban J connectivity index is 2.85. The van der Waals surface area contributed by atoms with E-state index in [-0.39, 0.29) is 12.0 Å². The monoisotopic (exact) mass is 252 g/mol. The summed E-state index contributed by atoms with van der Waals surface area (Å²) in [5.74, 6) is 0. The second kappa shape index (κ2) is 4.00. The molecular weight excluding hydrogens is 236 g/mol. The summed E-state index contributed by atoms with van der Waals surface area (Å²) >= 11 is 6.05. The highest BCUT2D eigenvalue weighted by atomic mass is 35.5. The van der Waals surface area contributed by atoms with Crippen LogP contribution in [0.5, 0.6) is 0 Å². The van der Waals surface area contributed by atoms with Crippen LogP contribution in [-0.2, 0) is 12.0 Å². The molecule has 0 fully saturated rings. The van der Waals surface area contributed by atoms with Crippen molar-refractivity contribution >= 4 is 17.2 Å². The van der Waals surface area contributed by atoms with E-state index in [0.717, 1.165) is 22.6 Å². The second-order valence-corrected chi connectivity index (χ2v) is 5.79. The zero-order chi connectivity index (χ0) is 12.8. The van der Waals surface area contributed by atoms with Crippen LogP contribution in [-0.4, -0.2) is 14.5 Å². The lowest BCUT2D eigenvalue weighted by atomic mass is 9.91. The van der Waals surface area contributed by atoms with Gasteiger partial charge in [-0.1, -0.05) is 32.4 Å². The Kier molecular flexibility index (Phi) is 2.92. The smallest absolute Gasteiger partial charge is 0.140 e. The number of aliphatic hydroxyl groups is 1. The van der Waals surface area contributed by atoms with Gasteiger partial charge in [0.15, 0.2) is 0 Å². The summed E-state index contributed by atoms with van der Waals surface area (Å²) in [6.45, 7) is 8.20. The first kappa shape index (κ1) is 12.4. The minimum atomic E-state index is -0.0942. The number of aryl methyl sites for hydroxylation is 1. The average molecular weight is 253 g/mol. The molecule has 0 amide bonds. The molecule has 4 heteroatoms. The molecule has 0 aliphatic heterocycles. The predicted molar refractivity (Wildman–Crippen MR) is 69.6 cm³/mol. The van der Waals surface area contributed by atoms with Gasteiger partial charge in [-0.3, -0.25) is 4.40 Å². The van der Waals surface area contributed by atoms with Gasteiger partial charge in [-0.2, -0.15) is 0 Å². The molecule has 2 heterocycles. The van der Waals surface area contributed by atoms with Crippen LogP contribution in [0, 0.1) is 6.92 Å². The van der Waals surface area contributed by atoms with Crippen molar-refractivity contribution in [2.45, 2.75) is 39.7 Å². The minimum absolute atomic E-state index is 0.0342. The van der Waals surface area contributed by atoms with E-state index in [0.29, 0.717) is 5.02 Å². The zero-order valence-electron chi connectivity index (χ0n) is 10.6. The van der Waals surface area contributed by atoms with E-state index in [1.54, 1.807) is 6.20 Å². The Labute approximate surface area is 106 Å². The van der Waals surface area contributed by atoms with Gasteiger partial charge < -0.3 is 5.11 Å². The van der Waals surface area contributed by atoms with Crippen LogP contribution in [0.25, 0.3) is 5.65 Å². The predicted octanol–water partition coefficient (Wildman–Crippen LogP) is 3.09. The van der Waals surface area contributed by atoms with Crippen molar-refractivity contribution in [2.24, 2.45) is 0 Å². The molecule has 0 radical (unpaired) electrons. The number of imidazole rings is 1. The third-order valence-corrected chi connectivity index (χ3v) is 3.04. The molecular formula is C13H17ClN2O. The molecule has 0 bridgehead atoms. The average Bonchev–Trinajstić information content (AvgIpc) is 2.55. The topological polar surface area (TPSA) is 37.5 Å². The van der Waals surface area contributed by atoms with E-state index in [4.69, 9.17) is 11.6 Å². The van der Waals surface area contributed by atoms with Crippen molar-refractivity contribution in [3.8, 4) is 0 Å². The van der Waals surface area contributed by atoms with Crippen molar-refractivity contribution in [2.75, 3.05) is 0 Å². The lowest BCUT2D eigenvalue weighted by molar-refractivity contribution is 0.272. The number of pyridine rings is 1. The Bertz CT molecular complexity index is 567. The van der Waals surface area contributed by atoms with Crippen molar-refractivity contribution in [3.63, 3.8) is 0 Å². The maximum Gasteiger partial charge on any atom is 0.140 e. The van der Waals surface area contributed by atoms with E-state index in [1.165, 1.54) is 0 Å². The number of fused-ring (bicyclic) bond motifs is 1. The summed E-state index contributed by atoms with van der Waals surface area (Å²) in [7, 11) is 0. The number of hydrogen-bond donors (Lipinski definition) is 1. The second-order valence-electron chi connectivity index (χ2n) is 5.35. The van der Waals surface area contributed by atoms with Crippen molar-refractivity contribution in [1.29, 1.82) is 0 Å². The third kappa shape index (κ3) is 2.05. The van der Waals surface area contributed by atoms with E-state index >= 15 is 0 Å². The standard InChI is InChI=1S/C13H17ClN2O/c1-8-5-9(14)6-16-10(7-17)11(13(2,3)4)15-12(8)16/h5-6,17H,7H2,1-4H3. The largest absolute Gasteiger partial charge is 0.390 e. The summed E-state index contributed by atoms with van der Waals surface area (Å²) in [6, 6.07) is 1.89. The lowest BCUT2D eigenvalue weighted by Crippen LogP contribution is -2.14. The van der Waals surface area contributed by atoms with Crippen LogP contribution in [0.2, 0.25) is 5.02 Å². The number of hydrogen-bond acceptors (Lipinski definition) is 2. The molecule has 0 unspecified atom stereocenters. The molecule has 0 saturated carbocycles. The minimum Gasteiger partial charge on any atom is -0.390 e. The number of nitrogens with zero attached hydrogens (tertiary/aromatic N) is 2.